The molecule has 0 aliphatic carbocycles. The SMILES string of the molecule is O=C(O)Cc1ccc2c(c1)Oc1cc(Cl)ccc1CO2. The van der Waals surface area contributed by atoms with E-state index >= 15 is 0 Å². The summed E-state index contributed by atoms with van der Waals surface area (Å²) in [6.45, 7) is 0.387. The van der Waals surface area contributed by atoms with Crippen molar-refractivity contribution in [2.45, 2.75) is 13.0 Å². The van der Waals surface area contributed by atoms with Crippen molar-refractivity contribution in [1.82, 2.24) is 0 Å². The fourth-order valence-electron chi connectivity index (χ4n) is 2.05. The van der Waals surface area contributed by atoms with Crippen molar-refractivity contribution in [2.75, 3.05) is 0 Å². The van der Waals surface area contributed by atoms with E-state index in [9.17, 15) is 4.79 Å². The molecule has 1 aliphatic heterocycles. The van der Waals surface area contributed by atoms with Crippen LogP contribution in [0.25, 0.3) is 0 Å². The lowest BCUT2D eigenvalue weighted by Gasteiger charge is -2.09. The van der Waals surface area contributed by atoms with Gasteiger partial charge in [-0.15, -0.1) is 0 Å². The zero-order valence-electron chi connectivity index (χ0n) is 10.4. The van der Waals surface area contributed by atoms with Gasteiger partial charge in [0.2, 0.25) is 0 Å². The highest BCUT2D eigenvalue weighted by molar-refractivity contribution is 6.30. The minimum atomic E-state index is -0.886. The molecule has 0 unspecified atom stereocenters. The summed E-state index contributed by atoms with van der Waals surface area (Å²) >= 11 is 5.96. The number of aliphatic carboxylic acids is 1. The van der Waals surface area contributed by atoms with Crippen LogP contribution in [0.15, 0.2) is 36.4 Å². The van der Waals surface area contributed by atoms with Crippen molar-refractivity contribution in [2.24, 2.45) is 0 Å². The van der Waals surface area contributed by atoms with Gasteiger partial charge in [-0.1, -0.05) is 23.7 Å². The van der Waals surface area contributed by atoms with Gasteiger partial charge in [-0.3, -0.25) is 4.79 Å². The molecule has 0 amide bonds. The van der Waals surface area contributed by atoms with Crippen LogP contribution in [-0.4, -0.2) is 11.1 Å². The zero-order chi connectivity index (χ0) is 14.1. The minimum Gasteiger partial charge on any atom is -0.485 e. The fourth-order valence-corrected chi connectivity index (χ4v) is 2.21. The first-order chi connectivity index (χ1) is 9.61. The molecule has 2 aromatic rings. The van der Waals surface area contributed by atoms with Crippen LogP contribution in [0.5, 0.6) is 17.2 Å². The van der Waals surface area contributed by atoms with Crippen molar-refractivity contribution in [3.05, 3.63) is 52.5 Å². The van der Waals surface area contributed by atoms with Crippen LogP contribution in [-0.2, 0) is 17.8 Å². The topological polar surface area (TPSA) is 55.8 Å². The monoisotopic (exact) mass is 290 g/mol. The third-order valence-electron chi connectivity index (χ3n) is 3.00. The largest absolute Gasteiger partial charge is 0.485 e. The van der Waals surface area contributed by atoms with Gasteiger partial charge in [0.05, 0.1) is 6.42 Å². The molecule has 1 heterocycles. The summed E-state index contributed by atoms with van der Waals surface area (Å²) < 4.78 is 11.5. The quantitative estimate of drug-likeness (QED) is 0.917. The second-order valence-electron chi connectivity index (χ2n) is 4.49. The fraction of sp³-hybridized carbons (Fsp3) is 0.133. The summed E-state index contributed by atoms with van der Waals surface area (Å²) in [6, 6.07) is 10.5. The molecule has 102 valence electrons. The summed E-state index contributed by atoms with van der Waals surface area (Å²) in [6.07, 6.45) is -0.0565. The van der Waals surface area contributed by atoms with Crippen molar-refractivity contribution in [1.29, 1.82) is 0 Å². The van der Waals surface area contributed by atoms with E-state index in [4.69, 9.17) is 26.2 Å². The average Bonchev–Trinajstić information content (AvgIpc) is 2.55. The summed E-state index contributed by atoms with van der Waals surface area (Å²) in [7, 11) is 0. The van der Waals surface area contributed by atoms with E-state index in [0.29, 0.717) is 34.4 Å². The number of fused-ring (bicyclic) bond motifs is 2. The number of halogens is 1. The Labute approximate surface area is 120 Å². The molecule has 2 aromatic carbocycles. The lowest BCUT2D eigenvalue weighted by atomic mass is 10.1. The lowest BCUT2D eigenvalue weighted by Crippen LogP contribution is -2.00. The number of carboxylic acids is 1. The minimum absolute atomic E-state index is 0.0565. The van der Waals surface area contributed by atoms with Gasteiger partial charge in [-0.2, -0.15) is 0 Å². The van der Waals surface area contributed by atoms with E-state index < -0.39 is 5.97 Å². The lowest BCUT2D eigenvalue weighted by molar-refractivity contribution is -0.136. The number of hydrogen-bond acceptors (Lipinski definition) is 3. The zero-order valence-corrected chi connectivity index (χ0v) is 11.2. The third-order valence-corrected chi connectivity index (χ3v) is 3.23. The molecule has 0 spiro atoms. The van der Waals surface area contributed by atoms with Crippen LogP contribution in [0, 0.1) is 0 Å². The molecule has 3 rings (SSSR count). The standard InChI is InChI=1S/C15H11ClO4/c16-11-3-2-10-8-19-12-4-1-9(6-15(17)18)5-14(12)20-13(10)7-11/h1-5,7H,6,8H2,(H,17,18). The molecule has 0 saturated heterocycles. The van der Waals surface area contributed by atoms with Gasteiger partial charge >= 0.3 is 5.97 Å². The first kappa shape index (κ1) is 12.8. The van der Waals surface area contributed by atoms with E-state index in [0.717, 1.165) is 5.56 Å². The molecule has 0 radical (unpaired) electrons. The van der Waals surface area contributed by atoms with Gasteiger partial charge in [0.1, 0.15) is 12.4 Å². The van der Waals surface area contributed by atoms with Gasteiger partial charge in [0, 0.05) is 10.6 Å². The Bertz CT molecular complexity index is 682. The third kappa shape index (κ3) is 2.56. The number of rotatable bonds is 2. The molecule has 4 nitrogen and oxygen atoms in total. The van der Waals surface area contributed by atoms with Gasteiger partial charge in [-0.05, 0) is 29.8 Å². The number of carbonyl (C=O) groups is 1. The van der Waals surface area contributed by atoms with Gasteiger partial charge in [0.15, 0.2) is 11.5 Å². The number of ether oxygens (including phenoxy) is 2. The van der Waals surface area contributed by atoms with Crippen LogP contribution < -0.4 is 9.47 Å². The molecule has 0 fully saturated rings. The maximum Gasteiger partial charge on any atom is 0.307 e. The first-order valence-electron chi connectivity index (χ1n) is 6.05. The normalized spacial score (nSPS) is 12.4. The molecule has 0 saturated carbocycles. The van der Waals surface area contributed by atoms with E-state index in [1.165, 1.54) is 0 Å². The molecule has 1 aliphatic rings. The highest BCUT2D eigenvalue weighted by atomic mass is 35.5. The Balaban J connectivity index is 1.99. The molecule has 0 aromatic heterocycles. The summed E-state index contributed by atoms with van der Waals surface area (Å²) in [5, 5.41) is 9.41. The highest BCUT2D eigenvalue weighted by Gasteiger charge is 2.17. The number of benzene rings is 2. The van der Waals surface area contributed by atoms with Crippen molar-refractivity contribution in [3.63, 3.8) is 0 Å². The maximum atomic E-state index is 10.8. The maximum absolute atomic E-state index is 10.8. The van der Waals surface area contributed by atoms with Gasteiger partial charge < -0.3 is 14.6 Å². The number of carboxylic acid groups (broad SMARTS) is 1. The Hall–Kier alpha value is -2.20. The van der Waals surface area contributed by atoms with Gasteiger partial charge in [0.25, 0.3) is 0 Å². The Morgan fingerprint density at radius 3 is 2.80 bits per heavy atom. The Morgan fingerprint density at radius 2 is 2.00 bits per heavy atom. The van der Waals surface area contributed by atoms with Crippen LogP contribution in [0.1, 0.15) is 11.1 Å². The summed E-state index contributed by atoms with van der Waals surface area (Å²) in [4.78, 5) is 10.8. The van der Waals surface area contributed by atoms with E-state index in [1.54, 1.807) is 30.3 Å². The molecular formula is C15H11ClO4. The van der Waals surface area contributed by atoms with E-state index in [2.05, 4.69) is 0 Å². The predicted molar refractivity (Wildman–Crippen MR) is 73.6 cm³/mol. The molecule has 0 atom stereocenters. The van der Waals surface area contributed by atoms with Crippen LogP contribution >= 0.6 is 11.6 Å². The van der Waals surface area contributed by atoms with Crippen LogP contribution in [0.2, 0.25) is 5.02 Å². The second-order valence-corrected chi connectivity index (χ2v) is 4.93. The van der Waals surface area contributed by atoms with Crippen LogP contribution in [0.4, 0.5) is 0 Å². The van der Waals surface area contributed by atoms with E-state index in [-0.39, 0.29) is 6.42 Å². The van der Waals surface area contributed by atoms with Gasteiger partial charge in [-0.25, -0.2) is 0 Å². The number of hydrogen-bond donors (Lipinski definition) is 1. The molecule has 0 bridgehead atoms. The smallest absolute Gasteiger partial charge is 0.307 e. The molecule has 1 N–H and O–H groups in total. The Kier molecular flexibility index (Phi) is 3.24. The van der Waals surface area contributed by atoms with Crippen molar-refractivity contribution >= 4 is 17.6 Å². The average molecular weight is 291 g/mol. The van der Waals surface area contributed by atoms with Crippen LogP contribution in [0.3, 0.4) is 0 Å². The highest BCUT2D eigenvalue weighted by Crippen LogP contribution is 2.39. The Morgan fingerprint density at radius 1 is 1.15 bits per heavy atom. The van der Waals surface area contributed by atoms with Crippen molar-refractivity contribution < 1.29 is 19.4 Å². The second kappa shape index (κ2) is 5.06. The van der Waals surface area contributed by atoms with E-state index in [1.807, 2.05) is 6.07 Å². The predicted octanol–water partition coefficient (Wildman–Crippen LogP) is 3.65. The molecule has 5 heteroatoms. The van der Waals surface area contributed by atoms with Crippen molar-refractivity contribution in [3.8, 4) is 17.2 Å². The summed E-state index contributed by atoms with van der Waals surface area (Å²) in [5.74, 6) is 0.836. The summed E-state index contributed by atoms with van der Waals surface area (Å²) in [5.41, 5.74) is 1.55. The molecule has 20 heavy (non-hydrogen) atoms. The first-order valence-corrected chi connectivity index (χ1v) is 6.43. The molecular weight excluding hydrogens is 280 g/mol.